The van der Waals surface area contributed by atoms with E-state index in [2.05, 4.69) is 15.4 Å². The second-order valence-electron chi connectivity index (χ2n) is 6.43. The maximum absolute atomic E-state index is 12.4. The van der Waals surface area contributed by atoms with Gasteiger partial charge in [0, 0.05) is 29.0 Å². The summed E-state index contributed by atoms with van der Waals surface area (Å²) >= 11 is 5.90. The highest BCUT2D eigenvalue weighted by molar-refractivity contribution is 6.30. The van der Waals surface area contributed by atoms with Gasteiger partial charge in [0.1, 0.15) is 5.56 Å². The number of nitrogens with zero attached hydrogens (tertiary/aromatic N) is 2. The molecule has 0 bridgehead atoms. The summed E-state index contributed by atoms with van der Waals surface area (Å²) in [5, 5.41) is 7.69. The van der Waals surface area contributed by atoms with Gasteiger partial charge in [-0.3, -0.25) is 9.59 Å². The molecule has 0 saturated carbocycles. The van der Waals surface area contributed by atoms with E-state index in [4.69, 9.17) is 11.6 Å². The SMILES string of the molecule is O=C(NCc1cnn(-c2ccc(Cl)cc2)c1)c1ccc(-c2ccccc2)[nH]c1=O. The third kappa shape index (κ3) is 4.28. The molecular formula is C22H17ClN4O2. The number of carbonyl (C=O) groups is 1. The number of amides is 1. The minimum absolute atomic E-state index is 0.0646. The Morgan fingerprint density at radius 2 is 1.79 bits per heavy atom. The number of halogens is 1. The minimum Gasteiger partial charge on any atom is -0.348 e. The van der Waals surface area contributed by atoms with Gasteiger partial charge in [-0.15, -0.1) is 0 Å². The first-order chi connectivity index (χ1) is 14.1. The van der Waals surface area contributed by atoms with Crippen molar-refractivity contribution >= 4 is 17.5 Å². The number of aromatic amines is 1. The number of carbonyl (C=O) groups excluding carboxylic acids is 1. The van der Waals surface area contributed by atoms with Crippen LogP contribution in [0, 0.1) is 0 Å². The van der Waals surface area contributed by atoms with Crippen LogP contribution in [0.1, 0.15) is 15.9 Å². The van der Waals surface area contributed by atoms with Gasteiger partial charge in [-0.1, -0.05) is 41.9 Å². The molecule has 2 heterocycles. The zero-order chi connectivity index (χ0) is 20.2. The lowest BCUT2D eigenvalue weighted by Gasteiger charge is -2.05. The van der Waals surface area contributed by atoms with Crippen LogP contribution in [0.3, 0.4) is 0 Å². The number of nitrogens with one attached hydrogen (secondary N) is 2. The Balaban J connectivity index is 1.44. The molecule has 4 rings (SSSR count). The summed E-state index contributed by atoms with van der Waals surface area (Å²) in [5.74, 6) is -0.440. The molecule has 0 saturated heterocycles. The molecule has 0 aliphatic heterocycles. The van der Waals surface area contributed by atoms with Gasteiger partial charge in [0.25, 0.3) is 11.5 Å². The molecule has 0 atom stereocenters. The van der Waals surface area contributed by atoms with E-state index in [0.717, 1.165) is 16.8 Å². The molecule has 2 aromatic carbocycles. The number of aromatic nitrogens is 3. The monoisotopic (exact) mass is 404 g/mol. The van der Waals surface area contributed by atoms with Crippen LogP contribution in [0.4, 0.5) is 0 Å². The molecule has 0 spiro atoms. The molecule has 0 fully saturated rings. The van der Waals surface area contributed by atoms with Crippen molar-refractivity contribution in [3.05, 3.63) is 106 Å². The van der Waals surface area contributed by atoms with Crippen molar-refractivity contribution in [2.45, 2.75) is 6.54 Å². The van der Waals surface area contributed by atoms with Crippen LogP contribution < -0.4 is 10.9 Å². The summed E-state index contributed by atoms with van der Waals surface area (Å²) in [7, 11) is 0. The lowest BCUT2D eigenvalue weighted by atomic mass is 10.1. The summed E-state index contributed by atoms with van der Waals surface area (Å²) in [6, 6.07) is 20.0. The number of rotatable bonds is 5. The molecule has 0 aliphatic carbocycles. The Morgan fingerprint density at radius 3 is 2.52 bits per heavy atom. The normalized spacial score (nSPS) is 10.7. The highest BCUT2D eigenvalue weighted by Gasteiger charge is 2.12. The van der Waals surface area contributed by atoms with Crippen molar-refractivity contribution in [1.82, 2.24) is 20.1 Å². The Kier molecular flexibility index (Phi) is 5.27. The van der Waals surface area contributed by atoms with Crippen LogP contribution in [-0.4, -0.2) is 20.7 Å². The summed E-state index contributed by atoms with van der Waals surface area (Å²) < 4.78 is 1.69. The molecule has 2 N–H and O–H groups in total. The number of pyridine rings is 1. The van der Waals surface area contributed by atoms with Crippen LogP contribution in [-0.2, 0) is 6.54 Å². The Hall–Kier alpha value is -3.64. The van der Waals surface area contributed by atoms with E-state index in [1.54, 1.807) is 29.1 Å². The van der Waals surface area contributed by atoms with E-state index in [0.29, 0.717) is 10.7 Å². The molecule has 0 aliphatic rings. The van der Waals surface area contributed by atoms with Crippen molar-refractivity contribution in [2.24, 2.45) is 0 Å². The van der Waals surface area contributed by atoms with Gasteiger partial charge >= 0.3 is 0 Å². The minimum atomic E-state index is -0.440. The summed E-state index contributed by atoms with van der Waals surface area (Å²) in [6.07, 6.45) is 3.48. The second-order valence-corrected chi connectivity index (χ2v) is 6.87. The average molecular weight is 405 g/mol. The summed E-state index contributed by atoms with van der Waals surface area (Å²) in [6.45, 7) is 0.256. The molecule has 7 heteroatoms. The van der Waals surface area contributed by atoms with Gasteiger partial charge in [-0.05, 0) is 42.0 Å². The lowest BCUT2D eigenvalue weighted by Crippen LogP contribution is -2.29. The van der Waals surface area contributed by atoms with Gasteiger partial charge in [0.05, 0.1) is 11.9 Å². The zero-order valence-corrected chi connectivity index (χ0v) is 16.1. The fourth-order valence-electron chi connectivity index (χ4n) is 2.90. The van der Waals surface area contributed by atoms with Crippen LogP contribution in [0.5, 0.6) is 0 Å². The average Bonchev–Trinajstić information content (AvgIpc) is 3.22. The van der Waals surface area contributed by atoms with Crippen molar-refractivity contribution < 1.29 is 4.79 Å². The Morgan fingerprint density at radius 1 is 1.03 bits per heavy atom. The quantitative estimate of drug-likeness (QED) is 0.530. The van der Waals surface area contributed by atoms with Crippen LogP contribution in [0.2, 0.25) is 5.02 Å². The number of benzene rings is 2. The van der Waals surface area contributed by atoms with E-state index in [9.17, 15) is 9.59 Å². The number of hydrogen-bond donors (Lipinski definition) is 2. The third-order valence-corrected chi connectivity index (χ3v) is 4.67. The Bertz CT molecular complexity index is 1200. The fourth-order valence-corrected chi connectivity index (χ4v) is 3.03. The first-order valence-electron chi connectivity index (χ1n) is 8.96. The summed E-state index contributed by atoms with van der Waals surface area (Å²) in [4.78, 5) is 27.5. The van der Waals surface area contributed by atoms with Crippen LogP contribution in [0.25, 0.3) is 16.9 Å². The van der Waals surface area contributed by atoms with E-state index in [1.165, 1.54) is 6.07 Å². The topological polar surface area (TPSA) is 79.8 Å². The number of hydrogen-bond acceptors (Lipinski definition) is 3. The van der Waals surface area contributed by atoms with Gasteiger partial charge < -0.3 is 10.3 Å². The third-order valence-electron chi connectivity index (χ3n) is 4.42. The molecule has 0 unspecified atom stereocenters. The van der Waals surface area contributed by atoms with Crippen molar-refractivity contribution in [2.75, 3.05) is 0 Å². The first kappa shape index (κ1) is 18.7. The lowest BCUT2D eigenvalue weighted by molar-refractivity contribution is 0.0949. The molecule has 0 radical (unpaired) electrons. The molecule has 29 heavy (non-hydrogen) atoms. The van der Waals surface area contributed by atoms with E-state index in [-0.39, 0.29) is 12.1 Å². The van der Waals surface area contributed by atoms with Gasteiger partial charge in [-0.25, -0.2) is 4.68 Å². The predicted octanol–water partition coefficient (Wildman–Crippen LogP) is 3.81. The maximum atomic E-state index is 12.4. The highest BCUT2D eigenvalue weighted by atomic mass is 35.5. The molecule has 1 amide bonds. The molecular weight excluding hydrogens is 388 g/mol. The van der Waals surface area contributed by atoms with Crippen molar-refractivity contribution in [3.8, 4) is 16.9 Å². The van der Waals surface area contributed by atoms with Crippen molar-refractivity contribution in [3.63, 3.8) is 0 Å². The van der Waals surface area contributed by atoms with Crippen LogP contribution >= 0.6 is 11.6 Å². The fraction of sp³-hybridized carbons (Fsp3) is 0.0455. The standard InChI is InChI=1S/C22H17ClN4O2/c23-17-6-8-18(9-7-17)27-14-15(13-25-27)12-24-21(28)19-10-11-20(26-22(19)29)16-4-2-1-3-5-16/h1-11,13-14H,12H2,(H,24,28)(H,26,29). The van der Waals surface area contributed by atoms with Gasteiger partial charge in [0.2, 0.25) is 0 Å². The van der Waals surface area contributed by atoms with E-state index >= 15 is 0 Å². The Labute approximate surface area is 171 Å². The zero-order valence-electron chi connectivity index (χ0n) is 15.3. The molecule has 6 nitrogen and oxygen atoms in total. The second kappa shape index (κ2) is 8.16. The number of H-pyrrole nitrogens is 1. The first-order valence-corrected chi connectivity index (χ1v) is 9.34. The van der Waals surface area contributed by atoms with Gasteiger partial charge in [0.15, 0.2) is 0 Å². The smallest absolute Gasteiger partial charge is 0.261 e. The maximum Gasteiger partial charge on any atom is 0.261 e. The van der Waals surface area contributed by atoms with Crippen LogP contribution in [0.15, 0.2) is 83.9 Å². The largest absolute Gasteiger partial charge is 0.348 e. The molecule has 4 aromatic rings. The van der Waals surface area contributed by atoms with Gasteiger partial charge in [-0.2, -0.15) is 5.10 Å². The highest BCUT2D eigenvalue weighted by Crippen LogP contribution is 2.15. The summed E-state index contributed by atoms with van der Waals surface area (Å²) in [5.41, 5.74) is 2.85. The predicted molar refractivity (Wildman–Crippen MR) is 112 cm³/mol. The van der Waals surface area contributed by atoms with E-state index < -0.39 is 11.5 Å². The van der Waals surface area contributed by atoms with E-state index in [1.807, 2.05) is 48.7 Å². The molecule has 2 aromatic heterocycles. The van der Waals surface area contributed by atoms with Crippen molar-refractivity contribution in [1.29, 1.82) is 0 Å². The molecule has 144 valence electrons.